The molecule has 0 atom stereocenters. The average Bonchev–Trinajstić information content (AvgIpc) is 3.03. The summed E-state index contributed by atoms with van der Waals surface area (Å²) in [5.74, 6) is 1.02. The third-order valence-corrected chi connectivity index (χ3v) is 5.11. The van der Waals surface area contributed by atoms with Crippen LogP contribution in [0, 0.1) is 0 Å². The molecule has 4 nitrogen and oxygen atoms in total. The smallest absolute Gasteiger partial charge is 0.258 e. The van der Waals surface area contributed by atoms with Crippen LogP contribution in [0.3, 0.4) is 0 Å². The zero-order chi connectivity index (χ0) is 15.1. The van der Waals surface area contributed by atoms with Gasteiger partial charge in [-0.1, -0.05) is 28.1 Å². The second-order valence-corrected chi connectivity index (χ2v) is 6.90. The Morgan fingerprint density at radius 1 is 1.14 bits per heavy atom. The Balaban J connectivity index is 1.68. The molecule has 4 rings (SSSR count). The van der Waals surface area contributed by atoms with Crippen LogP contribution in [0.15, 0.2) is 45.0 Å². The van der Waals surface area contributed by atoms with Gasteiger partial charge in [-0.25, -0.2) is 0 Å². The van der Waals surface area contributed by atoms with Gasteiger partial charge in [-0.15, -0.1) is 0 Å². The molecule has 0 saturated heterocycles. The maximum absolute atomic E-state index is 12.9. The number of fused-ring (bicyclic) bond motifs is 2. The number of guanidine groups is 1. The molecule has 0 spiro atoms. The molecular weight excluding hydrogens is 342 g/mol. The first kappa shape index (κ1) is 14.0. The summed E-state index contributed by atoms with van der Waals surface area (Å²) in [6.45, 7) is 2.30. The largest absolute Gasteiger partial charge is 0.314 e. The van der Waals surface area contributed by atoms with Gasteiger partial charge in [0.15, 0.2) is 0 Å². The van der Waals surface area contributed by atoms with Crippen molar-refractivity contribution in [2.45, 2.75) is 32.2 Å². The van der Waals surface area contributed by atoms with Crippen molar-refractivity contribution in [2.75, 3.05) is 13.1 Å². The normalized spacial score (nSPS) is 21.0. The minimum Gasteiger partial charge on any atom is -0.314 e. The van der Waals surface area contributed by atoms with Crippen LogP contribution in [0.25, 0.3) is 0 Å². The van der Waals surface area contributed by atoms with Gasteiger partial charge in [0, 0.05) is 22.3 Å². The van der Waals surface area contributed by atoms with Crippen molar-refractivity contribution in [1.29, 1.82) is 0 Å². The Bertz CT molecular complexity index is 678. The van der Waals surface area contributed by atoms with Crippen LogP contribution in [0.2, 0.25) is 0 Å². The number of amides is 1. The number of carbonyl (C=O) groups excluding carboxylic acids is 1. The molecule has 1 aliphatic carbocycles. The van der Waals surface area contributed by atoms with Gasteiger partial charge in [0.05, 0.1) is 13.1 Å². The zero-order valence-corrected chi connectivity index (χ0v) is 14.0. The Labute approximate surface area is 138 Å². The van der Waals surface area contributed by atoms with E-state index in [1.165, 1.54) is 12.1 Å². The number of halogens is 1. The molecule has 1 aromatic carbocycles. The minimum atomic E-state index is 0.162. The summed E-state index contributed by atoms with van der Waals surface area (Å²) < 4.78 is 1.05. The molecule has 114 valence electrons. The van der Waals surface area contributed by atoms with Gasteiger partial charge in [0.1, 0.15) is 0 Å². The van der Waals surface area contributed by atoms with Crippen molar-refractivity contribution in [3.8, 4) is 0 Å². The van der Waals surface area contributed by atoms with Crippen molar-refractivity contribution < 1.29 is 4.79 Å². The van der Waals surface area contributed by atoms with E-state index < -0.39 is 0 Å². The van der Waals surface area contributed by atoms with Crippen molar-refractivity contribution in [3.63, 3.8) is 0 Å². The van der Waals surface area contributed by atoms with E-state index >= 15 is 0 Å². The Morgan fingerprint density at radius 3 is 2.73 bits per heavy atom. The molecule has 22 heavy (non-hydrogen) atoms. The van der Waals surface area contributed by atoms with E-state index in [0.717, 1.165) is 53.9 Å². The third-order valence-electron chi connectivity index (χ3n) is 4.58. The molecule has 0 fully saturated rings. The maximum Gasteiger partial charge on any atom is 0.258 e. The fourth-order valence-corrected chi connectivity index (χ4v) is 3.77. The Morgan fingerprint density at radius 2 is 1.91 bits per heavy atom. The first-order chi connectivity index (χ1) is 10.7. The molecule has 2 aliphatic heterocycles. The van der Waals surface area contributed by atoms with Crippen LogP contribution in [-0.4, -0.2) is 34.8 Å². The van der Waals surface area contributed by atoms with Crippen molar-refractivity contribution in [1.82, 2.24) is 9.80 Å². The van der Waals surface area contributed by atoms with Gasteiger partial charge < -0.3 is 4.90 Å². The molecule has 0 bridgehead atoms. The zero-order valence-electron chi connectivity index (χ0n) is 12.4. The summed E-state index contributed by atoms with van der Waals surface area (Å²) >= 11 is 3.45. The molecular formula is C17H18BrN3O. The van der Waals surface area contributed by atoms with Crippen LogP contribution < -0.4 is 0 Å². The van der Waals surface area contributed by atoms with Gasteiger partial charge in [-0.3, -0.25) is 14.7 Å². The van der Waals surface area contributed by atoms with E-state index in [1.54, 1.807) is 0 Å². The van der Waals surface area contributed by atoms with Gasteiger partial charge in [0.25, 0.3) is 5.91 Å². The van der Waals surface area contributed by atoms with Crippen LogP contribution in [0.4, 0.5) is 0 Å². The molecule has 0 unspecified atom stereocenters. The predicted octanol–water partition coefficient (Wildman–Crippen LogP) is 3.29. The van der Waals surface area contributed by atoms with Crippen molar-refractivity contribution in [2.24, 2.45) is 4.99 Å². The van der Waals surface area contributed by atoms with E-state index in [2.05, 4.69) is 38.0 Å². The Hall–Kier alpha value is -1.62. The molecule has 0 aromatic heterocycles. The fourth-order valence-electron chi connectivity index (χ4n) is 3.51. The average molecular weight is 360 g/mol. The highest BCUT2D eigenvalue weighted by Gasteiger charge is 2.39. The highest BCUT2D eigenvalue weighted by Crippen LogP contribution is 2.35. The number of benzene rings is 1. The SMILES string of the molecule is O=C1C2=C(CCCC2)N2CCN=C2N1Cc1ccc(Br)cc1. The first-order valence-corrected chi connectivity index (χ1v) is 8.63. The summed E-state index contributed by atoms with van der Waals surface area (Å²) in [5, 5.41) is 0. The lowest BCUT2D eigenvalue weighted by molar-refractivity contribution is -0.125. The lowest BCUT2D eigenvalue weighted by Crippen LogP contribution is -2.50. The summed E-state index contributed by atoms with van der Waals surface area (Å²) in [5.41, 5.74) is 3.38. The van der Waals surface area contributed by atoms with E-state index in [-0.39, 0.29) is 5.91 Å². The maximum atomic E-state index is 12.9. The van der Waals surface area contributed by atoms with Crippen LogP contribution >= 0.6 is 15.9 Å². The monoisotopic (exact) mass is 359 g/mol. The summed E-state index contributed by atoms with van der Waals surface area (Å²) in [6, 6.07) is 8.15. The summed E-state index contributed by atoms with van der Waals surface area (Å²) in [4.78, 5) is 21.7. The molecule has 0 radical (unpaired) electrons. The lowest BCUT2D eigenvalue weighted by atomic mass is 9.92. The predicted molar refractivity (Wildman–Crippen MR) is 89.2 cm³/mol. The van der Waals surface area contributed by atoms with E-state index in [9.17, 15) is 4.79 Å². The molecule has 1 amide bonds. The van der Waals surface area contributed by atoms with Crippen LogP contribution in [0.5, 0.6) is 0 Å². The van der Waals surface area contributed by atoms with Gasteiger partial charge in [-0.2, -0.15) is 0 Å². The number of aliphatic imine (C=N–C) groups is 1. The minimum absolute atomic E-state index is 0.162. The number of rotatable bonds is 2. The van der Waals surface area contributed by atoms with E-state index in [0.29, 0.717) is 6.54 Å². The van der Waals surface area contributed by atoms with Gasteiger partial charge >= 0.3 is 0 Å². The van der Waals surface area contributed by atoms with E-state index in [1.807, 2.05) is 17.0 Å². The van der Waals surface area contributed by atoms with Crippen LogP contribution in [0.1, 0.15) is 31.2 Å². The van der Waals surface area contributed by atoms with Gasteiger partial charge in [0.2, 0.25) is 5.96 Å². The van der Waals surface area contributed by atoms with Gasteiger partial charge in [-0.05, 0) is 43.4 Å². The highest BCUT2D eigenvalue weighted by molar-refractivity contribution is 9.10. The molecule has 5 heteroatoms. The van der Waals surface area contributed by atoms with Crippen molar-refractivity contribution in [3.05, 3.63) is 45.6 Å². The number of hydrogen-bond donors (Lipinski definition) is 0. The standard InChI is InChI=1S/C17H18BrN3O/c18-13-7-5-12(6-8-13)11-21-16(22)14-3-1-2-4-15(14)20-10-9-19-17(20)21/h5-8H,1-4,9-11H2. The summed E-state index contributed by atoms with van der Waals surface area (Å²) in [7, 11) is 0. The first-order valence-electron chi connectivity index (χ1n) is 7.84. The second-order valence-electron chi connectivity index (χ2n) is 5.98. The second kappa shape index (κ2) is 5.54. The summed E-state index contributed by atoms with van der Waals surface area (Å²) in [6.07, 6.45) is 4.24. The third kappa shape index (κ3) is 2.28. The number of nitrogens with zero attached hydrogens (tertiary/aromatic N) is 3. The molecule has 1 aromatic rings. The number of allylic oxidation sites excluding steroid dienone is 1. The number of hydrogen-bond acceptors (Lipinski definition) is 3. The van der Waals surface area contributed by atoms with Crippen molar-refractivity contribution >= 4 is 27.8 Å². The highest BCUT2D eigenvalue weighted by atomic mass is 79.9. The fraction of sp³-hybridized carbons (Fsp3) is 0.412. The Kier molecular flexibility index (Phi) is 3.53. The quantitative estimate of drug-likeness (QED) is 0.812. The number of carbonyl (C=O) groups is 1. The molecule has 0 saturated carbocycles. The molecule has 0 N–H and O–H groups in total. The van der Waals surface area contributed by atoms with E-state index in [4.69, 9.17) is 0 Å². The van der Waals surface area contributed by atoms with Crippen LogP contribution in [-0.2, 0) is 11.3 Å². The molecule has 3 aliphatic rings. The topological polar surface area (TPSA) is 35.9 Å². The molecule has 2 heterocycles. The lowest BCUT2D eigenvalue weighted by Gasteiger charge is -2.39.